The molecule has 0 saturated heterocycles. The highest BCUT2D eigenvalue weighted by molar-refractivity contribution is 7.80. The van der Waals surface area contributed by atoms with Gasteiger partial charge in [0.15, 0.2) is 5.11 Å². The molecule has 0 fully saturated rings. The summed E-state index contributed by atoms with van der Waals surface area (Å²) < 4.78 is 0. The summed E-state index contributed by atoms with van der Waals surface area (Å²) in [4.78, 5) is 25.4. The number of nitrogens with one attached hydrogen (secondary N) is 2. The summed E-state index contributed by atoms with van der Waals surface area (Å²) in [5, 5.41) is 28.6. The van der Waals surface area contributed by atoms with Crippen LogP contribution in [-0.4, -0.2) is 19.9 Å². The van der Waals surface area contributed by atoms with Crippen molar-refractivity contribution < 1.29 is 9.85 Å². The van der Waals surface area contributed by atoms with E-state index in [1.165, 1.54) is 18.3 Å². The molecular formula is C16H11N5O4S. The van der Waals surface area contributed by atoms with Crippen molar-refractivity contribution in [3.8, 4) is 0 Å². The monoisotopic (exact) mass is 369 g/mol. The maximum absolute atomic E-state index is 11.4. The molecule has 130 valence electrons. The minimum Gasteiger partial charge on any atom is -0.332 e. The van der Waals surface area contributed by atoms with Gasteiger partial charge in [0.25, 0.3) is 5.69 Å². The number of non-ortho nitro benzene ring substituents is 1. The largest absolute Gasteiger partial charge is 0.332 e. The van der Waals surface area contributed by atoms with E-state index in [0.717, 1.165) is 6.07 Å². The number of nitro groups is 2. The predicted molar refractivity (Wildman–Crippen MR) is 101 cm³/mol. The van der Waals surface area contributed by atoms with E-state index in [4.69, 9.17) is 12.2 Å². The van der Waals surface area contributed by atoms with Crippen LogP contribution < -0.4 is 10.6 Å². The number of pyridine rings is 1. The third-order valence-corrected chi connectivity index (χ3v) is 3.72. The van der Waals surface area contributed by atoms with Crippen molar-refractivity contribution in [1.29, 1.82) is 0 Å². The quantitative estimate of drug-likeness (QED) is 0.404. The smallest absolute Gasteiger partial charge is 0.301 e. The van der Waals surface area contributed by atoms with Crippen LogP contribution >= 0.6 is 12.2 Å². The number of aromatic nitrogens is 1. The molecule has 0 saturated carbocycles. The molecule has 3 aromatic rings. The number of nitrogens with zero attached hydrogens (tertiary/aromatic N) is 3. The average Bonchev–Trinajstić information content (AvgIpc) is 2.62. The maximum Gasteiger partial charge on any atom is 0.301 e. The van der Waals surface area contributed by atoms with Crippen molar-refractivity contribution in [2.24, 2.45) is 0 Å². The first-order valence-corrected chi connectivity index (χ1v) is 7.72. The molecule has 0 aliphatic heterocycles. The molecule has 1 aromatic heterocycles. The minimum atomic E-state index is -0.714. The van der Waals surface area contributed by atoms with Crippen LogP contribution in [0.5, 0.6) is 0 Å². The lowest BCUT2D eigenvalue weighted by Gasteiger charge is -2.12. The highest BCUT2D eigenvalue weighted by Gasteiger charge is 2.26. The van der Waals surface area contributed by atoms with E-state index < -0.39 is 21.2 Å². The van der Waals surface area contributed by atoms with Gasteiger partial charge in [-0.15, -0.1) is 0 Å². The Morgan fingerprint density at radius 1 is 0.962 bits per heavy atom. The van der Waals surface area contributed by atoms with Crippen LogP contribution in [0.15, 0.2) is 54.7 Å². The lowest BCUT2D eigenvalue weighted by atomic mass is 10.1. The van der Waals surface area contributed by atoms with Gasteiger partial charge in [0.2, 0.25) is 0 Å². The fourth-order valence-corrected chi connectivity index (χ4v) is 2.65. The van der Waals surface area contributed by atoms with Crippen LogP contribution in [0.1, 0.15) is 0 Å². The molecule has 2 aromatic carbocycles. The van der Waals surface area contributed by atoms with Gasteiger partial charge < -0.3 is 10.6 Å². The Hall–Kier alpha value is -3.66. The normalized spacial score (nSPS) is 10.3. The molecular weight excluding hydrogens is 358 g/mol. The van der Waals surface area contributed by atoms with Crippen LogP contribution in [0.2, 0.25) is 0 Å². The van der Waals surface area contributed by atoms with Crippen molar-refractivity contribution in [3.63, 3.8) is 0 Å². The summed E-state index contributed by atoms with van der Waals surface area (Å²) >= 11 is 5.21. The van der Waals surface area contributed by atoms with Crippen molar-refractivity contribution in [1.82, 2.24) is 4.98 Å². The highest BCUT2D eigenvalue weighted by Crippen LogP contribution is 2.38. The summed E-state index contributed by atoms with van der Waals surface area (Å²) in [7, 11) is 0. The third kappa shape index (κ3) is 3.39. The Bertz CT molecular complexity index is 1030. The van der Waals surface area contributed by atoms with Gasteiger partial charge in [0, 0.05) is 11.9 Å². The number of hydrogen-bond acceptors (Lipinski definition) is 6. The zero-order valence-corrected chi connectivity index (χ0v) is 13.9. The summed E-state index contributed by atoms with van der Waals surface area (Å²) in [6.45, 7) is 0. The van der Waals surface area contributed by atoms with Gasteiger partial charge >= 0.3 is 5.69 Å². The van der Waals surface area contributed by atoms with Crippen LogP contribution in [0.25, 0.3) is 10.9 Å². The average molecular weight is 369 g/mol. The number of thiocarbonyl (C=S) groups is 1. The minimum absolute atomic E-state index is 0.00960. The van der Waals surface area contributed by atoms with E-state index in [0.29, 0.717) is 5.69 Å². The number of anilines is 2. The second-order valence-electron chi connectivity index (χ2n) is 5.15. The van der Waals surface area contributed by atoms with E-state index in [2.05, 4.69) is 15.6 Å². The first kappa shape index (κ1) is 17.2. The molecule has 10 heteroatoms. The number of benzene rings is 2. The zero-order valence-electron chi connectivity index (χ0n) is 13.1. The van der Waals surface area contributed by atoms with E-state index in [-0.39, 0.29) is 21.7 Å². The molecule has 0 aliphatic rings. The van der Waals surface area contributed by atoms with Crippen molar-refractivity contribution in [2.45, 2.75) is 0 Å². The molecule has 0 amide bonds. The van der Waals surface area contributed by atoms with Crippen molar-refractivity contribution in [2.75, 3.05) is 10.6 Å². The number of rotatable bonds is 4. The Labute approximate surface area is 152 Å². The molecule has 0 atom stereocenters. The molecule has 9 nitrogen and oxygen atoms in total. The van der Waals surface area contributed by atoms with Gasteiger partial charge in [-0.2, -0.15) is 0 Å². The van der Waals surface area contributed by atoms with Crippen molar-refractivity contribution in [3.05, 3.63) is 75.0 Å². The molecule has 2 N–H and O–H groups in total. The SMILES string of the molecule is O=[N+]([O-])c1cc([N+](=O)[O-])c2cccnc2c1NC(=S)Nc1ccccc1. The van der Waals surface area contributed by atoms with Gasteiger partial charge in [-0.1, -0.05) is 18.2 Å². The van der Waals surface area contributed by atoms with Gasteiger partial charge in [0.05, 0.1) is 21.3 Å². The molecule has 0 bridgehead atoms. The van der Waals surface area contributed by atoms with Crippen LogP contribution in [0, 0.1) is 20.2 Å². The Kier molecular flexibility index (Phi) is 4.67. The topological polar surface area (TPSA) is 123 Å². The molecule has 0 unspecified atom stereocenters. The number of nitro benzene ring substituents is 2. The summed E-state index contributed by atoms with van der Waals surface area (Å²) in [5.41, 5.74) is -0.116. The summed E-state index contributed by atoms with van der Waals surface area (Å²) in [6.07, 6.45) is 1.40. The maximum atomic E-state index is 11.4. The first-order chi connectivity index (χ1) is 12.5. The third-order valence-electron chi connectivity index (χ3n) is 3.51. The van der Waals surface area contributed by atoms with E-state index in [1.807, 2.05) is 6.07 Å². The van der Waals surface area contributed by atoms with E-state index in [9.17, 15) is 20.2 Å². The standard InChI is InChI=1S/C16H11N5O4S/c22-20(23)12-9-13(21(24)25)15(14-11(12)7-4-8-17-14)19-16(26)18-10-5-2-1-3-6-10/h1-9H,(H2,18,19,26). The lowest BCUT2D eigenvalue weighted by Crippen LogP contribution is -2.20. The highest BCUT2D eigenvalue weighted by atomic mass is 32.1. The van der Waals surface area contributed by atoms with Crippen LogP contribution in [0.3, 0.4) is 0 Å². The Morgan fingerprint density at radius 3 is 2.31 bits per heavy atom. The second-order valence-corrected chi connectivity index (χ2v) is 5.56. The summed E-state index contributed by atoms with van der Waals surface area (Å²) in [6, 6.07) is 12.9. The predicted octanol–water partition coefficient (Wildman–Crippen LogP) is 3.86. The van der Waals surface area contributed by atoms with Gasteiger partial charge in [0.1, 0.15) is 11.2 Å². The number of hydrogen-bond donors (Lipinski definition) is 2. The molecule has 1 heterocycles. The Morgan fingerprint density at radius 2 is 1.65 bits per heavy atom. The van der Waals surface area contributed by atoms with Gasteiger partial charge in [-0.3, -0.25) is 25.2 Å². The number of para-hydroxylation sites is 1. The van der Waals surface area contributed by atoms with Crippen LogP contribution in [-0.2, 0) is 0 Å². The second kappa shape index (κ2) is 7.07. The molecule has 0 spiro atoms. The molecule has 3 rings (SSSR count). The fraction of sp³-hybridized carbons (Fsp3) is 0. The lowest BCUT2D eigenvalue weighted by molar-refractivity contribution is -0.392. The molecule has 0 aliphatic carbocycles. The fourth-order valence-electron chi connectivity index (χ4n) is 2.43. The first-order valence-electron chi connectivity index (χ1n) is 7.31. The number of fused-ring (bicyclic) bond motifs is 1. The van der Waals surface area contributed by atoms with Gasteiger partial charge in [-0.25, -0.2) is 0 Å². The molecule has 0 radical (unpaired) electrons. The van der Waals surface area contributed by atoms with Gasteiger partial charge in [-0.05, 0) is 36.5 Å². The molecule has 26 heavy (non-hydrogen) atoms. The zero-order chi connectivity index (χ0) is 18.7. The van der Waals surface area contributed by atoms with E-state index >= 15 is 0 Å². The summed E-state index contributed by atoms with van der Waals surface area (Å²) in [5.74, 6) is 0. The van der Waals surface area contributed by atoms with Crippen LogP contribution in [0.4, 0.5) is 22.7 Å². The van der Waals surface area contributed by atoms with E-state index in [1.54, 1.807) is 24.3 Å². The Balaban J connectivity index is 2.08. The van der Waals surface area contributed by atoms with Crippen molar-refractivity contribution >= 4 is 51.0 Å².